The number of hydrogen-bond acceptors (Lipinski definition) is 4. The molecule has 0 aliphatic heterocycles. The van der Waals surface area contributed by atoms with Crippen LogP contribution in [0.4, 0.5) is 5.69 Å². The highest BCUT2D eigenvalue weighted by atomic mass is 16.5. The van der Waals surface area contributed by atoms with Crippen LogP contribution < -0.4 is 10.5 Å². The molecule has 3 aromatic rings. The average Bonchev–Trinajstić information content (AvgIpc) is 2.98. The van der Waals surface area contributed by atoms with E-state index in [0.29, 0.717) is 0 Å². The van der Waals surface area contributed by atoms with E-state index < -0.39 is 0 Å². The Morgan fingerprint density at radius 3 is 2.65 bits per heavy atom. The van der Waals surface area contributed by atoms with Crippen LogP contribution in [0.25, 0.3) is 16.9 Å². The van der Waals surface area contributed by atoms with E-state index in [1.807, 2.05) is 54.7 Å². The monoisotopic (exact) mass is 266 g/mol. The number of methoxy groups -OCH3 is 1. The highest BCUT2D eigenvalue weighted by Crippen LogP contribution is 2.22. The number of ether oxygens (including phenoxy) is 1. The van der Waals surface area contributed by atoms with Gasteiger partial charge in [-0.05, 0) is 36.4 Å². The second-order valence-corrected chi connectivity index (χ2v) is 4.37. The molecule has 2 aromatic carbocycles. The summed E-state index contributed by atoms with van der Waals surface area (Å²) in [5.41, 5.74) is 9.07. The summed E-state index contributed by atoms with van der Waals surface area (Å²) >= 11 is 0. The molecule has 3 rings (SSSR count). The van der Waals surface area contributed by atoms with E-state index in [-0.39, 0.29) is 0 Å². The lowest BCUT2D eigenvalue weighted by Gasteiger charge is -2.01. The molecule has 0 aliphatic rings. The Bertz CT molecular complexity index is 719. The summed E-state index contributed by atoms with van der Waals surface area (Å²) in [5, 5.41) is 8.32. The van der Waals surface area contributed by atoms with Gasteiger partial charge in [0.15, 0.2) is 0 Å². The lowest BCUT2D eigenvalue weighted by atomic mass is 10.1. The first kappa shape index (κ1) is 12.2. The van der Waals surface area contributed by atoms with E-state index in [1.54, 1.807) is 11.8 Å². The lowest BCUT2D eigenvalue weighted by molar-refractivity contribution is 0.415. The fourth-order valence-corrected chi connectivity index (χ4v) is 1.93. The molecular weight excluding hydrogens is 252 g/mol. The number of nitrogen functional groups attached to an aromatic ring is 1. The SMILES string of the molecule is COc1cccc(-c2cn(-c3ccc(N)cc3)nn2)c1. The normalized spacial score (nSPS) is 10.4. The summed E-state index contributed by atoms with van der Waals surface area (Å²) in [6, 6.07) is 15.2. The summed E-state index contributed by atoms with van der Waals surface area (Å²) in [6.07, 6.45) is 1.88. The van der Waals surface area contributed by atoms with Gasteiger partial charge in [-0.3, -0.25) is 0 Å². The maximum atomic E-state index is 5.67. The van der Waals surface area contributed by atoms with Crippen molar-refractivity contribution in [3.05, 3.63) is 54.7 Å². The Labute approximate surface area is 116 Å². The molecule has 5 heteroatoms. The van der Waals surface area contributed by atoms with Gasteiger partial charge in [-0.15, -0.1) is 5.10 Å². The third kappa shape index (κ3) is 2.33. The van der Waals surface area contributed by atoms with Crippen molar-refractivity contribution in [1.29, 1.82) is 0 Å². The summed E-state index contributed by atoms with van der Waals surface area (Å²) in [4.78, 5) is 0. The quantitative estimate of drug-likeness (QED) is 0.740. The van der Waals surface area contributed by atoms with Crippen LogP contribution in [-0.2, 0) is 0 Å². The van der Waals surface area contributed by atoms with Crippen molar-refractivity contribution in [2.45, 2.75) is 0 Å². The molecule has 20 heavy (non-hydrogen) atoms. The zero-order valence-electron chi connectivity index (χ0n) is 11.0. The molecule has 0 spiro atoms. The molecule has 1 heterocycles. The van der Waals surface area contributed by atoms with Gasteiger partial charge in [0, 0.05) is 11.3 Å². The largest absolute Gasteiger partial charge is 0.497 e. The minimum atomic E-state index is 0.724. The number of nitrogens with zero attached hydrogens (tertiary/aromatic N) is 3. The Morgan fingerprint density at radius 1 is 1.10 bits per heavy atom. The molecule has 0 fully saturated rings. The molecule has 5 nitrogen and oxygen atoms in total. The minimum Gasteiger partial charge on any atom is -0.497 e. The number of rotatable bonds is 3. The number of aromatic nitrogens is 3. The Hall–Kier alpha value is -2.82. The van der Waals surface area contributed by atoms with Crippen molar-refractivity contribution in [2.75, 3.05) is 12.8 Å². The van der Waals surface area contributed by atoms with Crippen LogP contribution in [-0.4, -0.2) is 22.1 Å². The Morgan fingerprint density at radius 2 is 1.90 bits per heavy atom. The first-order valence-electron chi connectivity index (χ1n) is 6.19. The Balaban J connectivity index is 1.95. The van der Waals surface area contributed by atoms with E-state index in [1.165, 1.54) is 0 Å². The van der Waals surface area contributed by atoms with Crippen molar-refractivity contribution in [3.63, 3.8) is 0 Å². The third-order valence-electron chi connectivity index (χ3n) is 3.02. The summed E-state index contributed by atoms with van der Waals surface area (Å²) in [7, 11) is 1.64. The number of benzene rings is 2. The second-order valence-electron chi connectivity index (χ2n) is 4.37. The van der Waals surface area contributed by atoms with Gasteiger partial charge in [-0.25, -0.2) is 4.68 Å². The van der Waals surface area contributed by atoms with Crippen LogP contribution >= 0.6 is 0 Å². The molecule has 0 saturated carbocycles. The van der Waals surface area contributed by atoms with Crippen LogP contribution in [0.15, 0.2) is 54.7 Å². The van der Waals surface area contributed by atoms with Crippen molar-refractivity contribution < 1.29 is 4.74 Å². The Kier molecular flexibility index (Phi) is 3.09. The second kappa shape index (κ2) is 5.05. The topological polar surface area (TPSA) is 66.0 Å². The average molecular weight is 266 g/mol. The summed E-state index contributed by atoms with van der Waals surface area (Å²) in [6.45, 7) is 0. The van der Waals surface area contributed by atoms with E-state index in [0.717, 1.165) is 28.4 Å². The summed E-state index contributed by atoms with van der Waals surface area (Å²) < 4.78 is 6.93. The molecular formula is C15H14N4O. The van der Waals surface area contributed by atoms with Crippen LogP contribution in [0.1, 0.15) is 0 Å². The highest BCUT2D eigenvalue weighted by Gasteiger charge is 2.06. The van der Waals surface area contributed by atoms with Crippen molar-refractivity contribution in [1.82, 2.24) is 15.0 Å². The fraction of sp³-hybridized carbons (Fsp3) is 0.0667. The van der Waals surface area contributed by atoms with Gasteiger partial charge in [0.25, 0.3) is 0 Å². The van der Waals surface area contributed by atoms with Crippen molar-refractivity contribution >= 4 is 5.69 Å². The lowest BCUT2D eigenvalue weighted by Crippen LogP contribution is -1.95. The first-order chi connectivity index (χ1) is 9.76. The van der Waals surface area contributed by atoms with Crippen LogP contribution in [0, 0.1) is 0 Å². The molecule has 0 saturated heterocycles. The van der Waals surface area contributed by atoms with Crippen molar-refractivity contribution in [2.24, 2.45) is 0 Å². The maximum absolute atomic E-state index is 5.67. The van der Waals surface area contributed by atoms with E-state index >= 15 is 0 Å². The van der Waals surface area contributed by atoms with E-state index in [9.17, 15) is 0 Å². The predicted molar refractivity (Wildman–Crippen MR) is 77.8 cm³/mol. The molecule has 0 atom stereocenters. The molecule has 100 valence electrons. The van der Waals surface area contributed by atoms with E-state index in [2.05, 4.69) is 10.3 Å². The van der Waals surface area contributed by atoms with Gasteiger partial charge in [0.1, 0.15) is 11.4 Å². The van der Waals surface area contributed by atoms with Crippen LogP contribution in [0.3, 0.4) is 0 Å². The molecule has 0 bridgehead atoms. The molecule has 0 unspecified atom stereocenters. The minimum absolute atomic E-state index is 0.724. The van der Waals surface area contributed by atoms with Gasteiger partial charge in [0.2, 0.25) is 0 Å². The highest BCUT2D eigenvalue weighted by molar-refractivity contribution is 5.60. The predicted octanol–water partition coefficient (Wildman–Crippen LogP) is 2.53. The molecule has 0 amide bonds. The first-order valence-corrected chi connectivity index (χ1v) is 6.19. The molecule has 0 radical (unpaired) electrons. The van der Waals surface area contributed by atoms with Crippen molar-refractivity contribution in [3.8, 4) is 22.7 Å². The zero-order valence-corrected chi connectivity index (χ0v) is 11.0. The zero-order chi connectivity index (χ0) is 13.9. The van der Waals surface area contributed by atoms with Gasteiger partial charge >= 0.3 is 0 Å². The molecule has 2 N–H and O–H groups in total. The standard InChI is InChI=1S/C15H14N4O/c1-20-14-4-2-3-11(9-14)15-10-19(18-17-15)13-7-5-12(16)6-8-13/h2-10H,16H2,1H3. The molecule has 1 aromatic heterocycles. The summed E-state index contributed by atoms with van der Waals surface area (Å²) in [5.74, 6) is 0.796. The smallest absolute Gasteiger partial charge is 0.119 e. The van der Waals surface area contributed by atoms with Gasteiger partial charge in [0.05, 0.1) is 19.0 Å². The van der Waals surface area contributed by atoms with Gasteiger partial charge < -0.3 is 10.5 Å². The van der Waals surface area contributed by atoms with Gasteiger partial charge in [-0.2, -0.15) is 0 Å². The third-order valence-corrected chi connectivity index (χ3v) is 3.02. The van der Waals surface area contributed by atoms with Gasteiger partial charge in [-0.1, -0.05) is 17.3 Å². The fourth-order valence-electron chi connectivity index (χ4n) is 1.93. The number of nitrogens with two attached hydrogens (primary N) is 1. The number of anilines is 1. The molecule has 0 aliphatic carbocycles. The van der Waals surface area contributed by atoms with E-state index in [4.69, 9.17) is 10.5 Å². The number of hydrogen-bond donors (Lipinski definition) is 1. The van der Waals surface area contributed by atoms with Crippen LogP contribution in [0.5, 0.6) is 5.75 Å². The maximum Gasteiger partial charge on any atom is 0.119 e. The van der Waals surface area contributed by atoms with Crippen LogP contribution in [0.2, 0.25) is 0 Å².